The zero-order valence-electron chi connectivity index (χ0n) is 15.1. The van der Waals surface area contributed by atoms with Gasteiger partial charge in [0.25, 0.3) is 0 Å². The van der Waals surface area contributed by atoms with Crippen molar-refractivity contribution in [2.75, 3.05) is 5.32 Å². The number of nitrogens with one attached hydrogen (secondary N) is 1. The van der Waals surface area contributed by atoms with Gasteiger partial charge in [-0.2, -0.15) is 10.2 Å². The quantitative estimate of drug-likeness (QED) is 0.673. The van der Waals surface area contributed by atoms with Crippen molar-refractivity contribution in [3.63, 3.8) is 0 Å². The van der Waals surface area contributed by atoms with Crippen molar-refractivity contribution in [1.29, 1.82) is 0 Å². The molecule has 3 rings (SSSR count). The van der Waals surface area contributed by atoms with Crippen LogP contribution in [0.5, 0.6) is 0 Å². The number of hydrogen-bond donors (Lipinski definition) is 2. The minimum Gasteiger partial charge on any atom is -0.760 e. The highest BCUT2D eigenvalue weighted by Crippen LogP contribution is 2.26. The Morgan fingerprint density at radius 2 is 1.81 bits per heavy atom. The van der Waals surface area contributed by atoms with Gasteiger partial charge in [-0.05, 0) is 51.5 Å². The van der Waals surface area contributed by atoms with Crippen molar-refractivity contribution in [1.82, 2.24) is 20.2 Å². The number of nitrogens with two attached hydrogens (primary N) is 1. The minimum absolute atomic E-state index is 0.0187. The van der Waals surface area contributed by atoms with Crippen LogP contribution in [0.4, 0.5) is 5.82 Å². The summed E-state index contributed by atoms with van der Waals surface area (Å²) in [5.74, 6) is 1.60. The first-order chi connectivity index (χ1) is 12.3. The fourth-order valence-electron chi connectivity index (χ4n) is 2.49. The van der Waals surface area contributed by atoms with Crippen molar-refractivity contribution in [3.05, 3.63) is 53.1 Å². The Labute approximate surface area is 154 Å². The smallest absolute Gasteiger partial charge is 0.138 e. The zero-order chi connectivity index (χ0) is 19.3. The molecule has 2 heterocycles. The molecule has 0 radical (unpaired) electrons. The van der Waals surface area contributed by atoms with E-state index >= 15 is 0 Å². The topological polar surface area (TPSA) is 130 Å². The van der Waals surface area contributed by atoms with Crippen LogP contribution in [0.1, 0.15) is 35.7 Å². The molecule has 0 amide bonds. The van der Waals surface area contributed by atoms with Gasteiger partial charge >= 0.3 is 0 Å². The van der Waals surface area contributed by atoms with E-state index in [9.17, 15) is 0 Å². The summed E-state index contributed by atoms with van der Waals surface area (Å²) < 4.78 is 17.6. The largest absolute Gasteiger partial charge is 0.760 e. The van der Waals surface area contributed by atoms with Gasteiger partial charge < -0.3 is 9.87 Å². The second kappa shape index (κ2) is 8.75. The Bertz CT molecular complexity index is 913. The molecular weight excluding hydrogens is 352 g/mol. The summed E-state index contributed by atoms with van der Waals surface area (Å²) in [7, 11) is 0. The normalized spacial score (nSPS) is 12.8. The molecule has 0 aliphatic carbocycles. The molecular formula is C17H21N6O2S-. The van der Waals surface area contributed by atoms with Crippen LogP contribution in [0, 0.1) is 20.8 Å². The first-order valence-electron chi connectivity index (χ1n) is 7.92. The van der Waals surface area contributed by atoms with Gasteiger partial charge in [-0.3, -0.25) is 9.35 Å². The number of hydrogen-bond acceptors (Lipinski definition) is 7. The summed E-state index contributed by atoms with van der Waals surface area (Å²) in [6.07, 6.45) is 0. The number of benzene rings is 1. The molecule has 0 saturated carbocycles. The average molecular weight is 373 g/mol. The first-order valence-corrected chi connectivity index (χ1v) is 9.06. The molecule has 0 aliphatic rings. The summed E-state index contributed by atoms with van der Waals surface area (Å²) >= 11 is -2.36. The number of anilines is 1. The first kappa shape index (κ1) is 19.8. The highest BCUT2D eigenvalue weighted by Gasteiger charge is 2.13. The van der Waals surface area contributed by atoms with Crippen LogP contribution in [-0.4, -0.2) is 28.9 Å². The molecule has 0 spiro atoms. The summed E-state index contributed by atoms with van der Waals surface area (Å²) in [4.78, 5) is 9.08. The second-order valence-electron chi connectivity index (χ2n) is 5.81. The molecule has 2 atom stereocenters. The molecule has 0 bridgehead atoms. The molecule has 3 aromatic rings. The van der Waals surface area contributed by atoms with E-state index in [1.54, 1.807) is 0 Å². The Balaban J connectivity index is 0.000000552. The van der Waals surface area contributed by atoms with Gasteiger partial charge in [-0.1, -0.05) is 12.1 Å². The molecule has 1 aromatic carbocycles. The number of rotatable bonds is 3. The van der Waals surface area contributed by atoms with E-state index in [1.807, 2.05) is 38.1 Å². The third-order valence-electron chi connectivity index (χ3n) is 3.66. The van der Waals surface area contributed by atoms with Crippen molar-refractivity contribution in [2.24, 2.45) is 5.14 Å². The maximum absolute atomic E-state index is 8.78. The van der Waals surface area contributed by atoms with Gasteiger partial charge in [-0.25, -0.2) is 9.97 Å². The van der Waals surface area contributed by atoms with Crippen LogP contribution in [0.15, 0.2) is 30.3 Å². The molecule has 0 aliphatic heterocycles. The molecule has 138 valence electrons. The summed E-state index contributed by atoms with van der Waals surface area (Å²) in [5, 5.41) is 16.9. The van der Waals surface area contributed by atoms with Crippen molar-refractivity contribution >= 4 is 28.0 Å². The van der Waals surface area contributed by atoms with E-state index in [0.717, 1.165) is 39.5 Å². The van der Waals surface area contributed by atoms with Crippen LogP contribution in [0.2, 0.25) is 0 Å². The highest BCUT2D eigenvalue weighted by atomic mass is 32.2. The number of fused-ring (bicyclic) bond motifs is 1. The van der Waals surface area contributed by atoms with E-state index in [1.165, 1.54) is 0 Å². The predicted octanol–water partition coefficient (Wildman–Crippen LogP) is 2.26. The van der Waals surface area contributed by atoms with Crippen LogP contribution in [0.3, 0.4) is 0 Å². The van der Waals surface area contributed by atoms with Crippen LogP contribution in [-0.2, 0) is 11.3 Å². The fourth-order valence-corrected chi connectivity index (χ4v) is 2.49. The third kappa shape index (κ3) is 5.25. The Morgan fingerprint density at radius 1 is 1.12 bits per heavy atom. The second-order valence-corrected chi connectivity index (χ2v) is 6.34. The zero-order valence-corrected chi connectivity index (χ0v) is 15.9. The lowest BCUT2D eigenvalue weighted by Crippen LogP contribution is -2.12. The Kier molecular flexibility index (Phi) is 6.67. The number of aromatic nitrogens is 4. The lowest BCUT2D eigenvalue weighted by Gasteiger charge is -2.16. The summed E-state index contributed by atoms with van der Waals surface area (Å²) in [5.41, 5.74) is 3.91. The number of nitrogens with zero attached hydrogens (tertiary/aromatic N) is 4. The van der Waals surface area contributed by atoms with E-state index in [0.29, 0.717) is 0 Å². The molecule has 8 nitrogen and oxygen atoms in total. The lowest BCUT2D eigenvalue weighted by atomic mass is 10.1. The highest BCUT2D eigenvalue weighted by molar-refractivity contribution is 7.76. The van der Waals surface area contributed by atoms with Gasteiger partial charge in [0.1, 0.15) is 11.6 Å². The van der Waals surface area contributed by atoms with Crippen molar-refractivity contribution < 1.29 is 8.76 Å². The molecule has 3 N–H and O–H groups in total. The van der Waals surface area contributed by atoms with Gasteiger partial charge in [-0.15, -0.1) is 0 Å². The minimum atomic E-state index is -2.36. The van der Waals surface area contributed by atoms with Crippen molar-refractivity contribution in [2.45, 2.75) is 33.7 Å². The van der Waals surface area contributed by atoms with E-state index in [2.05, 4.69) is 50.5 Å². The molecule has 0 saturated heterocycles. The van der Waals surface area contributed by atoms with Crippen LogP contribution in [0.25, 0.3) is 10.9 Å². The third-order valence-corrected chi connectivity index (χ3v) is 3.66. The molecule has 9 heteroatoms. The summed E-state index contributed by atoms with van der Waals surface area (Å²) in [6.45, 7) is 7.96. The van der Waals surface area contributed by atoms with Gasteiger partial charge in [0.15, 0.2) is 0 Å². The predicted molar refractivity (Wildman–Crippen MR) is 101 cm³/mol. The Hall–Kier alpha value is -2.49. The van der Waals surface area contributed by atoms with Gasteiger partial charge in [0.2, 0.25) is 0 Å². The lowest BCUT2D eigenvalue weighted by molar-refractivity contribution is 0.539. The maximum Gasteiger partial charge on any atom is 0.138 e. The Morgan fingerprint density at radius 3 is 2.42 bits per heavy atom. The molecule has 26 heavy (non-hydrogen) atoms. The average Bonchev–Trinajstić information content (AvgIpc) is 2.54. The van der Waals surface area contributed by atoms with E-state index in [4.69, 9.17) is 8.76 Å². The maximum atomic E-state index is 8.78. The molecule has 2 aromatic heterocycles. The van der Waals surface area contributed by atoms with E-state index in [-0.39, 0.29) is 6.04 Å². The summed E-state index contributed by atoms with van der Waals surface area (Å²) in [6, 6.07) is 10.1. The SMILES string of the molecule is Cc1ccc(C(C)Nc2nc(C)nc3cccc(C)c23)nn1.NS(=O)[O-]. The molecule has 2 unspecified atom stereocenters. The van der Waals surface area contributed by atoms with Gasteiger partial charge in [0, 0.05) is 16.7 Å². The van der Waals surface area contributed by atoms with E-state index < -0.39 is 11.3 Å². The van der Waals surface area contributed by atoms with Gasteiger partial charge in [0.05, 0.1) is 22.9 Å². The van der Waals surface area contributed by atoms with Crippen molar-refractivity contribution in [3.8, 4) is 0 Å². The van der Waals surface area contributed by atoms with Crippen LogP contribution >= 0.6 is 0 Å². The standard InChI is InChI=1S/C17H19N5.H3NO2S/c1-10-6-5-7-15-16(10)17(20-13(4)19-15)18-12(3)14-9-8-11(2)21-22-14;1-4(2)3/h5-9,12H,1-4H3,(H,18,19,20);1H2,(H,2,3)/p-1. The fraction of sp³-hybridized carbons (Fsp3) is 0.294. The monoisotopic (exact) mass is 373 g/mol. The number of aryl methyl sites for hydroxylation is 3. The molecule has 0 fully saturated rings. The van der Waals surface area contributed by atoms with Crippen LogP contribution < -0.4 is 10.5 Å².